The molecular weight excluding hydrogens is 384 g/mol. The minimum absolute atomic E-state index is 0.206. The molecule has 2 amide bonds. The number of anilines is 1. The fourth-order valence-corrected chi connectivity index (χ4v) is 6.05. The van der Waals surface area contributed by atoms with E-state index in [2.05, 4.69) is 12.2 Å². The average molecular weight is 407 g/mol. The maximum absolute atomic E-state index is 12.3. The molecule has 144 valence electrons. The van der Waals surface area contributed by atoms with E-state index in [4.69, 9.17) is 5.73 Å². The van der Waals surface area contributed by atoms with Crippen molar-refractivity contribution in [3.05, 3.63) is 51.9 Å². The number of nitrogens with one attached hydrogen (secondary N) is 1. The van der Waals surface area contributed by atoms with Gasteiger partial charge in [-0.25, -0.2) is 8.42 Å². The fraction of sp³-hybridized carbons (Fsp3) is 0.368. The van der Waals surface area contributed by atoms with Crippen LogP contribution in [0.3, 0.4) is 0 Å². The van der Waals surface area contributed by atoms with Gasteiger partial charge in [0.15, 0.2) is 9.84 Å². The highest BCUT2D eigenvalue weighted by Gasteiger charge is 2.28. The van der Waals surface area contributed by atoms with Gasteiger partial charge in [-0.1, -0.05) is 37.3 Å². The van der Waals surface area contributed by atoms with Gasteiger partial charge in [-0.3, -0.25) is 9.59 Å². The quantitative estimate of drug-likeness (QED) is 0.769. The van der Waals surface area contributed by atoms with Crippen molar-refractivity contribution in [1.29, 1.82) is 0 Å². The molecule has 0 aliphatic heterocycles. The molecule has 0 spiro atoms. The Balaban J connectivity index is 1.75. The molecule has 2 aromatic rings. The summed E-state index contributed by atoms with van der Waals surface area (Å²) in [7, 11) is -3.62. The van der Waals surface area contributed by atoms with Crippen molar-refractivity contribution >= 4 is 38.0 Å². The minimum Gasteiger partial charge on any atom is -0.365 e. The van der Waals surface area contributed by atoms with Crippen molar-refractivity contribution in [2.75, 3.05) is 11.1 Å². The lowest BCUT2D eigenvalue weighted by molar-refractivity contribution is -0.113. The van der Waals surface area contributed by atoms with Crippen LogP contribution in [0.4, 0.5) is 5.00 Å². The molecule has 3 N–H and O–H groups in total. The van der Waals surface area contributed by atoms with Crippen LogP contribution in [0, 0.1) is 5.92 Å². The first-order chi connectivity index (χ1) is 12.7. The smallest absolute Gasteiger partial charge is 0.251 e. The minimum atomic E-state index is -3.62. The summed E-state index contributed by atoms with van der Waals surface area (Å²) in [6.45, 7) is 2.14. The molecule has 1 heterocycles. The number of hydrogen-bond donors (Lipinski definition) is 2. The highest BCUT2D eigenvalue weighted by atomic mass is 32.2. The highest BCUT2D eigenvalue weighted by molar-refractivity contribution is 7.91. The molecule has 1 aromatic heterocycles. The van der Waals surface area contributed by atoms with Gasteiger partial charge in [-0.2, -0.15) is 0 Å². The highest BCUT2D eigenvalue weighted by Crippen LogP contribution is 2.39. The molecular formula is C19H22N2O4S2. The van der Waals surface area contributed by atoms with Gasteiger partial charge in [0.2, 0.25) is 5.91 Å². The van der Waals surface area contributed by atoms with Crippen LogP contribution < -0.4 is 11.1 Å². The number of primary amides is 1. The van der Waals surface area contributed by atoms with E-state index in [1.165, 1.54) is 11.3 Å². The van der Waals surface area contributed by atoms with E-state index >= 15 is 0 Å². The molecule has 0 saturated carbocycles. The number of rotatable bonds is 6. The molecule has 1 aliphatic carbocycles. The predicted octanol–water partition coefficient (Wildman–Crippen LogP) is 2.53. The van der Waals surface area contributed by atoms with E-state index < -0.39 is 27.4 Å². The van der Waals surface area contributed by atoms with Gasteiger partial charge < -0.3 is 11.1 Å². The van der Waals surface area contributed by atoms with E-state index in [-0.39, 0.29) is 5.75 Å². The Morgan fingerprint density at radius 2 is 1.96 bits per heavy atom. The number of hydrogen-bond acceptors (Lipinski definition) is 5. The number of sulfone groups is 1. The monoisotopic (exact) mass is 406 g/mol. The van der Waals surface area contributed by atoms with Crippen LogP contribution in [0.5, 0.6) is 0 Å². The van der Waals surface area contributed by atoms with Crippen molar-refractivity contribution in [1.82, 2.24) is 0 Å². The topological polar surface area (TPSA) is 106 Å². The third-order valence-electron chi connectivity index (χ3n) is 4.59. The summed E-state index contributed by atoms with van der Waals surface area (Å²) in [6.07, 6.45) is 2.54. The fourth-order valence-electron chi connectivity index (χ4n) is 3.34. The molecule has 0 unspecified atom stereocenters. The van der Waals surface area contributed by atoms with E-state index in [0.29, 0.717) is 22.0 Å². The van der Waals surface area contributed by atoms with Gasteiger partial charge in [-0.05, 0) is 36.3 Å². The molecule has 6 nitrogen and oxygen atoms in total. The van der Waals surface area contributed by atoms with E-state index in [1.54, 1.807) is 30.3 Å². The number of nitrogens with two attached hydrogens (primary N) is 1. The summed E-state index contributed by atoms with van der Waals surface area (Å²) in [6, 6.07) is 8.71. The van der Waals surface area contributed by atoms with Gasteiger partial charge in [0.25, 0.3) is 5.91 Å². The van der Waals surface area contributed by atoms with Crippen LogP contribution in [-0.4, -0.2) is 26.0 Å². The zero-order chi connectivity index (χ0) is 19.6. The lowest BCUT2D eigenvalue weighted by Crippen LogP contribution is -2.25. The van der Waals surface area contributed by atoms with Gasteiger partial charge in [0, 0.05) is 4.88 Å². The summed E-state index contributed by atoms with van der Waals surface area (Å²) >= 11 is 1.32. The Labute approximate surface area is 162 Å². The summed E-state index contributed by atoms with van der Waals surface area (Å²) in [4.78, 5) is 25.3. The number of benzene rings is 1. The van der Waals surface area contributed by atoms with Gasteiger partial charge in [0.1, 0.15) is 10.8 Å². The molecule has 0 saturated heterocycles. The molecule has 27 heavy (non-hydrogen) atoms. The van der Waals surface area contributed by atoms with Crippen molar-refractivity contribution in [3.8, 4) is 0 Å². The molecule has 1 aliphatic rings. The average Bonchev–Trinajstić information content (AvgIpc) is 2.91. The predicted molar refractivity (Wildman–Crippen MR) is 107 cm³/mol. The van der Waals surface area contributed by atoms with E-state index in [0.717, 1.165) is 29.7 Å². The van der Waals surface area contributed by atoms with E-state index in [9.17, 15) is 18.0 Å². The second kappa shape index (κ2) is 7.82. The molecule has 0 radical (unpaired) electrons. The van der Waals surface area contributed by atoms with Crippen molar-refractivity contribution < 1.29 is 18.0 Å². The second-order valence-electron chi connectivity index (χ2n) is 6.99. The summed E-state index contributed by atoms with van der Waals surface area (Å²) in [5, 5.41) is 2.97. The largest absolute Gasteiger partial charge is 0.365 e. The molecule has 1 aromatic carbocycles. The molecule has 8 heteroatoms. The maximum Gasteiger partial charge on any atom is 0.251 e. The Hall–Kier alpha value is -2.19. The van der Waals surface area contributed by atoms with Crippen molar-refractivity contribution in [3.63, 3.8) is 0 Å². The van der Waals surface area contributed by atoms with Gasteiger partial charge in [0.05, 0.1) is 11.3 Å². The summed E-state index contributed by atoms with van der Waals surface area (Å²) < 4.78 is 24.6. The Morgan fingerprint density at radius 1 is 1.26 bits per heavy atom. The van der Waals surface area contributed by atoms with Gasteiger partial charge >= 0.3 is 0 Å². The Kier molecular flexibility index (Phi) is 5.67. The molecule has 1 atom stereocenters. The van der Waals surface area contributed by atoms with Crippen LogP contribution in [0.25, 0.3) is 0 Å². The summed E-state index contributed by atoms with van der Waals surface area (Å²) in [5.74, 6) is -1.59. The zero-order valence-corrected chi connectivity index (χ0v) is 16.7. The lowest BCUT2D eigenvalue weighted by atomic mass is 9.88. The molecule has 3 rings (SSSR count). The van der Waals surface area contributed by atoms with E-state index in [1.807, 2.05) is 0 Å². The van der Waals surface area contributed by atoms with Crippen LogP contribution >= 0.6 is 11.3 Å². The molecule has 0 bridgehead atoms. The van der Waals surface area contributed by atoms with Crippen LogP contribution in [0.15, 0.2) is 30.3 Å². The first-order valence-electron chi connectivity index (χ1n) is 8.73. The van der Waals surface area contributed by atoms with Gasteiger partial charge in [-0.15, -0.1) is 11.3 Å². The number of carbonyl (C=O) groups is 2. The lowest BCUT2D eigenvalue weighted by Gasteiger charge is -2.18. The second-order valence-corrected chi connectivity index (χ2v) is 10.2. The number of thiophene rings is 1. The Bertz CT molecular complexity index is 965. The molecule has 0 fully saturated rings. The van der Waals surface area contributed by atoms with Crippen LogP contribution in [-0.2, 0) is 33.2 Å². The first kappa shape index (κ1) is 19.6. The van der Waals surface area contributed by atoms with Crippen LogP contribution in [0.1, 0.15) is 39.7 Å². The number of carbonyl (C=O) groups excluding carboxylic acids is 2. The normalized spacial score (nSPS) is 16.6. The third-order valence-corrected chi connectivity index (χ3v) is 7.24. The third kappa shape index (κ3) is 4.75. The van der Waals surface area contributed by atoms with Crippen LogP contribution in [0.2, 0.25) is 0 Å². The maximum atomic E-state index is 12.3. The SMILES string of the molecule is C[C@@H]1CCc2c(sc(NC(=O)CS(=O)(=O)Cc3ccccc3)c2C(N)=O)C1. The Morgan fingerprint density at radius 3 is 2.63 bits per heavy atom. The summed E-state index contributed by atoms with van der Waals surface area (Å²) in [5.41, 5.74) is 7.38. The zero-order valence-electron chi connectivity index (χ0n) is 15.0. The van der Waals surface area contributed by atoms with Crippen molar-refractivity contribution in [2.45, 2.75) is 31.9 Å². The van der Waals surface area contributed by atoms with Crippen molar-refractivity contribution in [2.24, 2.45) is 11.7 Å². The number of fused-ring (bicyclic) bond motifs is 1. The number of amides is 2. The standard InChI is InChI=1S/C19H22N2O4S2/c1-12-7-8-14-15(9-12)26-19(17(14)18(20)23)21-16(22)11-27(24,25)10-13-5-3-2-4-6-13/h2-6,12H,7-11H2,1H3,(H2,20,23)(H,21,22)/t12-/m1/s1. The first-order valence-corrected chi connectivity index (χ1v) is 11.4.